The first kappa shape index (κ1) is 17.8. The van der Waals surface area contributed by atoms with Crippen LogP contribution >= 0.6 is 22.9 Å². The topological polar surface area (TPSA) is 34.0 Å². The van der Waals surface area contributed by atoms with Crippen molar-refractivity contribution in [2.45, 2.75) is 20.0 Å². The fourth-order valence-electron chi connectivity index (χ4n) is 3.15. The summed E-state index contributed by atoms with van der Waals surface area (Å²) in [5, 5.41) is 6.80. The zero-order valence-electron chi connectivity index (χ0n) is 14.9. The van der Waals surface area contributed by atoms with Gasteiger partial charge in [-0.2, -0.15) is 0 Å². The molecule has 0 radical (unpaired) electrons. The molecule has 0 spiro atoms. The minimum atomic E-state index is -0.0131. The van der Waals surface area contributed by atoms with Gasteiger partial charge in [0.25, 0.3) is 0 Å². The van der Waals surface area contributed by atoms with Crippen LogP contribution in [0.15, 0.2) is 66.0 Å². The number of aromatic nitrogens is 1. The third kappa shape index (κ3) is 3.92. The fraction of sp³-hybridized carbons (Fsp3) is 0.136. The van der Waals surface area contributed by atoms with Crippen LogP contribution in [0.1, 0.15) is 11.1 Å². The summed E-state index contributed by atoms with van der Waals surface area (Å²) in [5.74, 6) is -0.0131. The number of halogens is 1. The molecule has 27 heavy (non-hydrogen) atoms. The van der Waals surface area contributed by atoms with E-state index in [0.717, 1.165) is 27.0 Å². The summed E-state index contributed by atoms with van der Waals surface area (Å²) >= 11 is 7.82. The van der Waals surface area contributed by atoms with Crippen LogP contribution < -0.4 is 5.32 Å². The number of nitrogens with one attached hydrogen (secondary N) is 1. The maximum Gasteiger partial charge on any atom is 0.240 e. The van der Waals surface area contributed by atoms with Gasteiger partial charge >= 0.3 is 0 Å². The van der Waals surface area contributed by atoms with Gasteiger partial charge in [0.1, 0.15) is 6.54 Å². The average molecular weight is 395 g/mol. The van der Waals surface area contributed by atoms with Crippen LogP contribution in [0.2, 0.25) is 5.02 Å². The van der Waals surface area contributed by atoms with E-state index in [0.29, 0.717) is 11.6 Å². The van der Waals surface area contributed by atoms with Crippen molar-refractivity contribution in [2.24, 2.45) is 0 Å². The Kier molecular flexibility index (Phi) is 5.01. The normalized spacial score (nSPS) is 11.0. The Morgan fingerprint density at radius 3 is 2.67 bits per heavy atom. The first-order valence-electron chi connectivity index (χ1n) is 8.75. The summed E-state index contributed by atoms with van der Waals surface area (Å²) in [6.45, 7) is 2.85. The first-order valence-corrected chi connectivity index (χ1v) is 10.0. The van der Waals surface area contributed by atoms with E-state index in [4.69, 9.17) is 11.6 Å². The summed E-state index contributed by atoms with van der Waals surface area (Å²) in [4.78, 5) is 13.8. The van der Waals surface area contributed by atoms with Crippen molar-refractivity contribution in [2.75, 3.05) is 0 Å². The van der Waals surface area contributed by atoms with Crippen molar-refractivity contribution in [3.05, 3.63) is 82.2 Å². The minimum Gasteiger partial charge on any atom is -0.350 e. The number of thiophene rings is 1. The summed E-state index contributed by atoms with van der Waals surface area (Å²) < 4.78 is 2.06. The molecule has 0 saturated carbocycles. The van der Waals surface area contributed by atoms with Crippen LogP contribution in [0.4, 0.5) is 0 Å². The molecule has 5 heteroatoms. The van der Waals surface area contributed by atoms with Gasteiger partial charge < -0.3 is 9.88 Å². The van der Waals surface area contributed by atoms with Crippen LogP contribution in [-0.4, -0.2) is 10.5 Å². The molecule has 0 aliphatic rings. The number of hydrogen-bond acceptors (Lipinski definition) is 2. The van der Waals surface area contributed by atoms with E-state index in [2.05, 4.69) is 41.1 Å². The van der Waals surface area contributed by atoms with Gasteiger partial charge in [-0.25, -0.2) is 0 Å². The second-order valence-corrected chi connectivity index (χ2v) is 7.94. The SMILES string of the molecule is Cc1ccc(CNC(=O)Cn2c(-c3cccs3)cc3cc(Cl)ccc32)cc1. The Morgan fingerprint density at radius 2 is 1.93 bits per heavy atom. The second-order valence-electron chi connectivity index (χ2n) is 6.56. The summed E-state index contributed by atoms with van der Waals surface area (Å²) in [7, 11) is 0. The zero-order valence-corrected chi connectivity index (χ0v) is 16.5. The highest BCUT2D eigenvalue weighted by atomic mass is 35.5. The summed E-state index contributed by atoms with van der Waals surface area (Å²) in [6, 6.07) is 20.2. The third-order valence-corrected chi connectivity index (χ3v) is 5.68. The number of hydrogen-bond donors (Lipinski definition) is 1. The molecular weight excluding hydrogens is 376 g/mol. The zero-order chi connectivity index (χ0) is 18.8. The summed E-state index contributed by atoms with van der Waals surface area (Å²) in [5.41, 5.74) is 4.35. The van der Waals surface area contributed by atoms with Crippen molar-refractivity contribution in [1.29, 1.82) is 0 Å². The highest BCUT2D eigenvalue weighted by molar-refractivity contribution is 7.13. The molecule has 2 aromatic carbocycles. The Morgan fingerprint density at radius 1 is 1.11 bits per heavy atom. The lowest BCUT2D eigenvalue weighted by atomic mass is 10.1. The third-order valence-electron chi connectivity index (χ3n) is 4.55. The lowest BCUT2D eigenvalue weighted by Gasteiger charge is -2.11. The number of carbonyl (C=O) groups excluding carboxylic acids is 1. The van der Waals surface area contributed by atoms with Crippen LogP contribution in [0.5, 0.6) is 0 Å². The molecule has 136 valence electrons. The van der Waals surface area contributed by atoms with E-state index in [1.807, 2.05) is 41.8 Å². The molecule has 4 aromatic rings. The predicted molar refractivity (Wildman–Crippen MR) is 113 cm³/mol. The standard InChI is InChI=1S/C22H19ClN2OS/c1-15-4-6-16(7-5-15)13-24-22(26)14-25-19-9-8-18(23)11-17(19)12-20(25)21-3-2-10-27-21/h2-12H,13-14H2,1H3,(H,24,26). The molecule has 0 aliphatic heterocycles. The fourth-order valence-corrected chi connectivity index (χ4v) is 4.08. The van der Waals surface area contributed by atoms with Crippen LogP contribution in [0, 0.1) is 6.92 Å². The van der Waals surface area contributed by atoms with Gasteiger partial charge in [0, 0.05) is 22.5 Å². The molecule has 0 fully saturated rings. The molecular formula is C22H19ClN2OS. The largest absolute Gasteiger partial charge is 0.350 e. The van der Waals surface area contributed by atoms with Crippen LogP contribution in [-0.2, 0) is 17.9 Å². The Labute approximate surface area is 167 Å². The molecule has 0 aliphatic carbocycles. The maximum atomic E-state index is 12.6. The van der Waals surface area contributed by atoms with Gasteiger partial charge in [-0.15, -0.1) is 11.3 Å². The van der Waals surface area contributed by atoms with Gasteiger partial charge in [-0.05, 0) is 48.2 Å². The first-order chi connectivity index (χ1) is 13.1. The quantitative estimate of drug-likeness (QED) is 0.466. The molecule has 4 rings (SSSR count). The number of nitrogens with zero attached hydrogens (tertiary/aromatic N) is 1. The molecule has 0 bridgehead atoms. The van der Waals surface area contributed by atoms with E-state index in [9.17, 15) is 4.79 Å². The van der Waals surface area contributed by atoms with Crippen LogP contribution in [0.25, 0.3) is 21.5 Å². The van der Waals surface area contributed by atoms with E-state index in [-0.39, 0.29) is 12.5 Å². The second kappa shape index (κ2) is 7.59. The number of amides is 1. The van der Waals surface area contributed by atoms with Gasteiger partial charge in [0.2, 0.25) is 5.91 Å². The van der Waals surface area contributed by atoms with Gasteiger partial charge in [-0.1, -0.05) is 47.5 Å². The van der Waals surface area contributed by atoms with Crippen molar-refractivity contribution >= 4 is 39.7 Å². The van der Waals surface area contributed by atoms with Crippen molar-refractivity contribution < 1.29 is 4.79 Å². The molecule has 0 unspecified atom stereocenters. The summed E-state index contributed by atoms with van der Waals surface area (Å²) in [6.07, 6.45) is 0. The number of benzene rings is 2. The number of fused-ring (bicyclic) bond motifs is 1. The molecule has 0 saturated heterocycles. The van der Waals surface area contributed by atoms with E-state index < -0.39 is 0 Å². The van der Waals surface area contributed by atoms with Crippen molar-refractivity contribution in [1.82, 2.24) is 9.88 Å². The minimum absolute atomic E-state index is 0.0131. The maximum absolute atomic E-state index is 12.6. The van der Waals surface area contributed by atoms with Gasteiger partial charge in [0.15, 0.2) is 0 Å². The Hall–Kier alpha value is -2.56. The van der Waals surface area contributed by atoms with E-state index in [1.165, 1.54) is 5.56 Å². The highest BCUT2D eigenvalue weighted by Crippen LogP contribution is 2.32. The number of carbonyl (C=O) groups is 1. The lowest BCUT2D eigenvalue weighted by Crippen LogP contribution is -2.27. The number of aryl methyl sites for hydroxylation is 1. The Bertz CT molecular complexity index is 1080. The smallest absolute Gasteiger partial charge is 0.240 e. The van der Waals surface area contributed by atoms with E-state index >= 15 is 0 Å². The Balaban J connectivity index is 1.59. The monoisotopic (exact) mass is 394 g/mol. The molecule has 1 amide bonds. The van der Waals surface area contributed by atoms with Gasteiger partial charge in [0.05, 0.1) is 10.6 Å². The lowest BCUT2D eigenvalue weighted by molar-refractivity contribution is -0.121. The molecule has 2 heterocycles. The number of rotatable bonds is 5. The molecule has 1 N–H and O–H groups in total. The van der Waals surface area contributed by atoms with Crippen molar-refractivity contribution in [3.63, 3.8) is 0 Å². The van der Waals surface area contributed by atoms with Crippen LogP contribution in [0.3, 0.4) is 0 Å². The predicted octanol–water partition coefficient (Wildman–Crippen LogP) is 5.65. The highest BCUT2D eigenvalue weighted by Gasteiger charge is 2.14. The molecule has 0 atom stereocenters. The average Bonchev–Trinajstić information content (AvgIpc) is 3.29. The molecule has 3 nitrogen and oxygen atoms in total. The van der Waals surface area contributed by atoms with Gasteiger partial charge in [-0.3, -0.25) is 4.79 Å². The van der Waals surface area contributed by atoms with Crippen molar-refractivity contribution in [3.8, 4) is 10.6 Å². The molecule has 2 aromatic heterocycles. The van der Waals surface area contributed by atoms with E-state index in [1.54, 1.807) is 11.3 Å².